The van der Waals surface area contributed by atoms with E-state index in [0.29, 0.717) is 11.3 Å². The van der Waals surface area contributed by atoms with Crippen LogP contribution in [0.5, 0.6) is 0 Å². The van der Waals surface area contributed by atoms with E-state index in [1.54, 1.807) is 19.1 Å². The van der Waals surface area contributed by atoms with Crippen molar-refractivity contribution in [2.75, 3.05) is 5.32 Å². The average molecular weight is 274 g/mol. The van der Waals surface area contributed by atoms with Crippen molar-refractivity contribution in [1.29, 1.82) is 0 Å². The Labute approximate surface area is 114 Å². The standard InChI is InChI=1S/C14H11FN2O3/c1-8-2-4-10(6-11(8)15)17-13(18)9-3-5-12(14(19)20)16-7-9/h2-7H,1H3,(H,17,18)(H,19,20). The summed E-state index contributed by atoms with van der Waals surface area (Å²) in [6.07, 6.45) is 1.16. The first kappa shape index (κ1) is 13.7. The predicted molar refractivity (Wildman–Crippen MR) is 70.3 cm³/mol. The van der Waals surface area contributed by atoms with E-state index in [1.165, 1.54) is 18.2 Å². The van der Waals surface area contributed by atoms with Crippen molar-refractivity contribution in [3.63, 3.8) is 0 Å². The number of pyridine rings is 1. The van der Waals surface area contributed by atoms with Crippen molar-refractivity contribution in [2.24, 2.45) is 0 Å². The number of anilines is 1. The number of halogens is 1. The van der Waals surface area contributed by atoms with Crippen molar-refractivity contribution in [2.45, 2.75) is 6.92 Å². The van der Waals surface area contributed by atoms with Crippen molar-refractivity contribution < 1.29 is 19.1 Å². The molecule has 1 heterocycles. The van der Waals surface area contributed by atoms with Crippen LogP contribution >= 0.6 is 0 Å². The summed E-state index contributed by atoms with van der Waals surface area (Å²) >= 11 is 0. The number of nitrogens with one attached hydrogen (secondary N) is 1. The second-order valence-corrected chi connectivity index (χ2v) is 4.16. The van der Waals surface area contributed by atoms with E-state index >= 15 is 0 Å². The molecule has 1 aromatic carbocycles. The number of hydrogen-bond acceptors (Lipinski definition) is 3. The van der Waals surface area contributed by atoms with E-state index in [9.17, 15) is 14.0 Å². The van der Waals surface area contributed by atoms with Gasteiger partial charge in [-0.2, -0.15) is 0 Å². The molecule has 20 heavy (non-hydrogen) atoms. The number of amides is 1. The number of carboxylic acid groups (broad SMARTS) is 1. The van der Waals surface area contributed by atoms with Crippen molar-refractivity contribution >= 4 is 17.6 Å². The van der Waals surface area contributed by atoms with Crippen molar-refractivity contribution in [3.05, 3.63) is 59.2 Å². The molecule has 0 unspecified atom stereocenters. The number of nitrogens with zero attached hydrogens (tertiary/aromatic N) is 1. The minimum absolute atomic E-state index is 0.150. The maximum absolute atomic E-state index is 13.3. The molecule has 2 aromatic rings. The fourth-order valence-corrected chi connectivity index (χ4v) is 1.53. The van der Waals surface area contributed by atoms with Crippen LogP contribution in [-0.2, 0) is 0 Å². The number of carbonyl (C=O) groups excluding carboxylic acids is 1. The van der Waals surface area contributed by atoms with E-state index in [4.69, 9.17) is 5.11 Å². The third-order valence-corrected chi connectivity index (χ3v) is 2.67. The molecule has 0 spiro atoms. The van der Waals surface area contributed by atoms with E-state index in [-0.39, 0.29) is 11.3 Å². The lowest BCUT2D eigenvalue weighted by Gasteiger charge is -2.06. The zero-order valence-corrected chi connectivity index (χ0v) is 10.6. The summed E-state index contributed by atoms with van der Waals surface area (Å²) in [4.78, 5) is 26.1. The van der Waals surface area contributed by atoms with Crippen LogP contribution in [0.4, 0.5) is 10.1 Å². The number of benzene rings is 1. The van der Waals surface area contributed by atoms with Crippen LogP contribution in [0, 0.1) is 12.7 Å². The number of rotatable bonds is 3. The fraction of sp³-hybridized carbons (Fsp3) is 0.0714. The van der Waals surface area contributed by atoms with Gasteiger partial charge in [-0.3, -0.25) is 4.79 Å². The highest BCUT2D eigenvalue weighted by molar-refractivity contribution is 6.04. The van der Waals surface area contributed by atoms with Gasteiger partial charge in [-0.15, -0.1) is 0 Å². The van der Waals surface area contributed by atoms with Gasteiger partial charge >= 0.3 is 5.97 Å². The molecule has 1 aromatic heterocycles. The topological polar surface area (TPSA) is 79.3 Å². The normalized spacial score (nSPS) is 10.1. The van der Waals surface area contributed by atoms with Gasteiger partial charge in [0.25, 0.3) is 5.91 Å². The molecule has 102 valence electrons. The van der Waals surface area contributed by atoms with Gasteiger partial charge in [0.2, 0.25) is 0 Å². The first-order valence-corrected chi connectivity index (χ1v) is 5.74. The van der Waals surface area contributed by atoms with E-state index in [1.807, 2.05) is 0 Å². The molecule has 0 aliphatic rings. The first-order chi connectivity index (χ1) is 9.47. The third kappa shape index (κ3) is 2.97. The van der Waals surface area contributed by atoms with Crippen LogP contribution in [0.15, 0.2) is 36.5 Å². The quantitative estimate of drug-likeness (QED) is 0.901. The Morgan fingerprint density at radius 1 is 1.25 bits per heavy atom. The molecule has 0 saturated heterocycles. The van der Waals surface area contributed by atoms with E-state index in [0.717, 1.165) is 6.20 Å². The van der Waals surface area contributed by atoms with Crippen molar-refractivity contribution in [3.8, 4) is 0 Å². The molecule has 0 radical (unpaired) electrons. The number of aryl methyl sites for hydroxylation is 1. The summed E-state index contributed by atoms with van der Waals surface area (Å²) in [5.41, 5.74) is 0.842. The number of aromatic carboxylic acids is 1. The SMILES string of the molecule is Cc1ccc(NC(=O)c2ccc(C(=O)O)nc2)cc1F. The van der Waals surface area contributed by atoms with E-state index < -0.39 is 17.7 Å². The second kappa shape index (κ2) is 5.48. The van der Waals surface area contributed by atoms with Gasteiger partial charge in [0.05, 0.1) is 5.56 Å². The zero-order valence-electron chi connectivity index (χ0n) is 10.6. The van der Waals surface area contributed by atoms with Crippen LogP contribution in [0.2, 0.25) is 0 Å². The molecule has 2 rings (SSSR count). The Morgan fingerprint density at radius 3 is 2.55 bits per heavy atom. The minimum Gasteiger partial charge on any atom is -0.477 e. The molecule has 0 saturated carbocycles. The van der Waals surface area contributed by atoms with Crippen LogP contribution in [0.3, 0.4) is 0 Å². The Balaban J connectivity index is 2.15. The summed E-state index contributed by atoms with van der Waals surface area (Å²) in [7, 11) is 0. The van der Waals surface area contributed by atoms with Gasteiger partial charge in [-0.05, 0) is 36.8 Å². The summed E-state index contributed by atoms with van der Waals surface area (Å²) < 4.78 is 13.3. The number of aromatic nitrogens is 1. The molecule has 5 nitrogen and oxygen atoms in total. The Morgan fingerprint density at radius 2 is 2.00 bits per heavy atom. The maximum atomic E-state index is 13.3. The highest BCUT2D eigenvalue weighted by Gasteiger charge is 2.10. The maximum Gasteiger partial charge on any atom is 0.354 e. The molecule has 0 atom stereocenters. The van der Waals surface area contributed by atoms with Gasteiger partial charge in [-0.25, -0.2) is 14.2 Å². The van der Waals surface area contributed by atoms with Gasteiger partial charge in [0.15, 0.2) is 0 Å². The Hall–Kier alpha value is -2.76. The predicted octanol–water partition coefficient (Wildman–Crippen LogP) is 2.48. The molecule has 6 heteroatoms. The molecule has 1 amide bonds. The molecule has 0 fully saturated rings. The van der Waals surface area contributed by atoms with Crippen LogP contribution < -0.4 is 5.32 Å². The monoisotopic (exact) mass is 274 g/mol. The van der Waals surface area contributed by atoms with Gasteiger partial charge in [0, 0.05) is 11.9 Å². The van der Waals surface area contributed by atoms with Gasteiger partial charge in [0.1, 0.15) is 11.5 Å². The lowest BCUT2D eigenvalue weighted by atomic mass is 10.2. The highest BCUT2D eigenvalue weighted by Crippen LogP contribution is 2.14. The Bertz CT molecular complexity index is 669. The van der Waals surface area contributed by atoms with Crippen molar-refractivity contribution in [1.82, 2.24) is 4.98 Å². The summed E-state index contributed by atoms with van der Waals surface area (Å²) in [6.45, 7) is 1.62. The number of carbonyl (C=O) groups is 2. The number of hydrogen-bond donors (Lipinski definition) is 2. The van der Waals surface area contributed by atoms with Crippen LogP contribution in [-0.4, -0.2) is 22.0 Å². The highest BCUT2D eigenvalue weighted by atomic mass is 19.1. The summed E-state index contributed by atoms with van der Waals surface area (Å²) in [5, 5.41) is 11.2. The lowest BCUT2D eigenvalue weighted by Crippen LogP contribution is -2.13. The molecular formula is C14H11FN2O3. The molecule has 0 bridgehead atoms. The smallest absolute Gasteiger partial charge is 0.354 e. The third-order valence-electron chi connectivity index (χ3n) is 2.67. The fourth-order valence-electron chi connectivity index (χ4n) is 1.53. The second-order valence-electron chi connectivity index (χ2n) is 4.16. The molecule has 0 aliphatic heterocycles. The average Bonchev–Trinajstić information content (AvgIpc) is 2.43. The molecule has 2 N–H and O–H groups in total. The van der Waals surface area contributed by atoms with Gasteiger partial charge in [-0.1, -0.05) is 6.07 Å². The lowest BCUT2D eigenvalue weighted by molar-refractivity contribution is 0.0690. The van der Waals surface area contributed by atoms with Crippen LogP contribution in [0.25, 0.3) is 0 Å². The van der Waals surface area contributed by atoms with Crippen LogP contribution in [0.1, 0.15) is 26.4 Å². The number of carboxylic acids is 1. The first-order valence-electron chi connectivity index (χ1n) is 5.74. The largest absolute Gasteiger partial charge is 0.477 e. The van der Waals surface area contributed by atoms with Gasteiger partial charge < -0.3 is 10.4 Å². The summed E-state index contributed by atoms with van der Waals surface area (Å²) in [6, 6.07) is 6.92. The Kier molecular flexibility index (Phi) is 3.74. The zero-order chi connectivity index (χ0) is 14.7. The molecule has 0 aliphatic carbocycles. The van der Waals surface area contributed by atoms with E-state index in [2.05, 4.69) is 10.3 Å². The molecular weight excluding hydrogens is 263 g/mol. The minimum atomic E-state index is -1.17. The summed E-state index contributed by atoms with van der Waals surface area (Å²) in [5.74, 6) is -2.07.